The fourth-order valence-electron chi connectivity index (χ4n) is 1.67. The molecular formula is C15H21NO. The summed E-state index contributed by atoms with van der Waals surface area (Å²) >= 11 is 0. The number of ketones is 1. The molecule has 1 aromatic rings. The summed E-state index contributed by atoms with van der Waals surface area (Å²) in [4.78, 5) is 11.7. The topological polar surface area (TPSA) is 29.1 Å². The Labute approximate surface area is 104 Å². The Bertz CT molecular complexity index is 345. The van der Waals surface area contributed by atoms with Gasteiger partial charge < -0.3 is 5.32 Å². The number of nitrogens with one attached hydrogen (secondary N) is 1. The van der Waals surface area contributed by atoms with E-state index in [1.807, 2.05) is 25.1 Å². The summed E-state index contributed by atoms with van der Waals surface area (Å²) in [5, 5.41) is 3.28. The molecule has 0 saturated heterocycles. The first-order valence-electron chi connectivity index (χ1n) is 6.12. The molecule has 0 amide bonds. The van der Waals surface area contributed by atoms with Gasteiger partial charge in [-0.1, -0.05) is 43.3 Å². The fourth-order valence-corrected chi connectivity index (χ4v) is 1.67. The van der Waals surface area contributed by atoms with Gasteiger partial charge in [0.2, 0.25) is 0 Å². The molecule has 0 saturated carbocycles. The van der Waals surface area contributed by atoms with Crippen LogP contribution < -0.4 is 5.32 Å². The molecule has 1 rings (SSSR count). The Balaban J connectivity index is 2.16. The van der Waals surface area contributed by atoms with Gasteiger partial charge in [-0.3, -0.25) is 4.79 Å². The first kappa shape index (κ1) is 13.7. The number of rotatable bonds is 8. The van der Waals surface area contributed by atoms with Crippen molar-refractivity contribution in [3.63, 3.8) is 0 Å². The first-order valence-corrected chi connectivity index (χ1v) is 6.12. The number of allylic oxidation sites excluding steroid dienone is 1. The Kier molecular flexibility index (Phi) is 6.26. The fraction of sp³-hybridized carbons (Fsp3) is 0.400. The molecule has 0 bridgehead atoms. The predicted octanol–water partition coefficient (Wildman–Crippen LogP) is 2.95. The molecule has 0 aliphatic rings. The van der Waals surface area contributed by atoms with Crippen molar-refractivity contribution in [1.29, 1.82) is 0 Å². The van der Waals surface area contributed by atoms with Crippen molar-refractivity contribution in [3.05, 3.63) is 48.6 Å². The van der Waals surface area contributed by atoms with Crippen LogP contribution in [0.1, 0.15) is 25.3 Å². The molecule has 0 fully saturated rings. The summed E-state index contributed by atoms with van der Waals surface area (Å²) < 4.78 is 0. The van der Waals surface area contributed by atoms with E-state index in [1.165, 1.54) is 5.56 Å². The van der Waals surface area contributed by atoms with Crippen LogP contribution in [0.3, 0.4) is 0 Å². The van der Waals surface area contributed by atoms with Crippen LogP contribution in [0.5, 0.6) is 0 Å². The van der Waals surface area contributed by atoms with E-state index < -0.39 is 0 Å². The van der Waals surface area contributed by atoms with E-state index in [1.54, 1.807) is 6.08 Å². The summed E-state index contributed by atoms with van der Waals surface area (Å²) in [5.74, 6) is 0.413. The molecule has 0 spiro atoms. The lowest BCUT2D eigenvalue weighted by Gasteiger charge is -2.08. The maximum atomic E-state index is 11.7. The Morgan fingerprint density at radius 3 is 2.76 bits per heavy atom. The van der Waals surface area contributed by atoms with Gasteiger partial charge in [-0.2, -0.15) is 0 Å². The third-order valence-electron chi connectivity index (χ3n) is 2.79. The highest BCUT2D eigenvalue weighted by Gasteiger charge is 2.09. The summed E-state index contributed by atoms with van der Waals surface area (Å²) in [5.41, 5.74) is 1.25. The standard InChI is InChI=1S/C15H21NO/c1-3-7-13(2)15(17)10-11-16-12-14-8-5-4-6-9-14/h3-6,8-9,13,16H,1,7,10-12H2,2H3. The molecule has 0 heterocycles. The van der Waals surface area contributed by atoms with E-state index in [4.69, 9.17) is 0 Å². The molecule has 1 aromatic carbocycles. The maximum absolute atomic E-state index is 11.7. The number of carbonyl (C=O) groups is 1. The second-order valence-corrected chi connectivity index (χ2v) is 4.30. The second-order valence-electron chi connectivity index (χ2n) is 4.30. The number of carbonyl (C=O) groups excluding carboxylic acids is 1. The van der Waals surface area contributed by atoms with Gasteiger partial charge in [0.1, 0.15) is 5.78 Å². The monoisotopic (exact) mass is 231 g/mol. The van der Waals surface area contributed by atoms with Gasteiger partial charge >= 0.3 is 0 Å². The van der Waals surface area contributed by atoms with Crippen molar-refractivity contribution >= 4 is 5.78 Å². The minimum atomic E-state index is 0.103. The number of benzene rings is 1. The predicted molar refractivity (Wildman–Crippen MR) is 71.8 cm³/mol. The third-order valence-corrected chi connectivity index (χ3v) is 2.79. The number of Topliss-reactive ketones (excluding diaryl/α,β-unsaturated/α-hetero) is 1. The second kappa shape index (κ2) is 7.80. The zero-order valence-corrected chi connectivity index (χ0v) is 10.5. The van der Waals surface area contributed by atoms with Gasteiger partial charge in [0.15, 0.2) is 0 Å². The molecule has 0 aliphatic heterocycles. The van der Waals surface area contributed by atoms with Crippen molar-refractivity contribution in [3.8, 4) is 0 Å². The Hall–Kier alpha value is -1.41. The van der Waals surface area contributed by atoms with Gasteiger partial charge in [0.05, 0.1) is 0 Å². The lowest BCUT2D eigenvalue weighted by Crippen LogP contribution is -2.20. The highest BCUT2D eigenvalue weighted by atomic mass is 16.1. The lowest BCUT2D eigenvalue weighted by molar-refractivity contribution is -0.122. The molecule has 2 nitrogen and oxygen atoms in total. The summed E-state index contributed by atoms with van der Waals surface area (Å²) in [6.45, 7) is 7.18. The molecule has 0 radical (unpaired) electrons. The third kappa shape index (κ3) is 5.45. The van der Waals surface area contributed by atoms with E-state index in [0.717, 1.165) is 19.5 Å². The van der Waals surface area contributed by atoms with Crippen LogP contribution in [0, 0.1) is 5.92 Å². The maximum Gasteiger partial charge on any atom is 0.137 e. The van der Waals surface area contributed by atoms with Gasteiger partial charge in [-0.05, 0) is 12.0 Å². The quantitative estimate of drug-likeness (QED) is 0.550. The smallest absolute Gasteiger partial charge is 0.137 e. The van der Waals surface area contributed by atoms with E-state index in [-0.39, 0.29) is 5.92 Å². The Morgan fingerprint density at radius 1 is 1.41 bits per heavy atom. The summed E-state index contributed by atoms with van der Waals surface area (Å²) in [7, 11) is 0. The van der Waals surface area contributed by atoms with Crippen molar-refractivity contribution in [1.82, 2.24) is 5.32 Å². The van der Waals surface area contributed by atoms with Crippen molar-refractivity contribution in [2.45, 2.75) is 26.3 Å². The molecule has 0 aliphatic carbocycles. The van der Waals surface area contributed by atoms with E-state index in [2.05, 4.69) is 24.0 Å². The largest absolute Gasteiger partial charge is 0.312 e. The molecule has 1 atom stereocenters. The zero-order valence-electron chi connectivity index (χ0n) is 10.5. The van der Waals surface area contributed by atoms with Crippen LogP contribution in [0.25, 0.3) is 0 Å². The van der Waals surface area contributed by atoms with Crippen molar-refractivity contribution in [2.24, 2.45) is 5.92 Å². The molecule has 1 N–H and O–H groups in total. The summed E-state index contributed by atoms with van der Waals surface area (Å²) in [6, 6.07) is 10.2. The molecular weight excluding hydrogens is 210 g/mol. The first-order chi connectivity index (χ1) is 8.24. The van der Waals surface area contributed by atoms with Gasteiger partial charge in [0, 0.05) is 25.4 Å². The SMILES string of the molecule is C=CCC(C)C(=O)CCNCc1ccccc1. The van der Waals surface area contributed by atoms with Crippen LogP contribution in [-0.4, -0.2) is 12.3 Å². The average Bonchev–Trinajstić information content (AvgIpc) is 2.36. The minimum absolute atomic E-state index is 0.103. The molecule has 2 heteroatoms. The molecule has 1 unspecified atom stereocenters. The van der Waals surface area contributed by atoms with Gasteiger partial charge in [-0.25, -0.2) is 0 Å². The van der Waals surface area contributed by atoms with E-state index >= 15 is 0 Å². The minimum Gasteiger partial charge on any atom is -0.312 e. The lowest BCUT2D eigenvalue weighted by atomic mass is 10.0. The van der Waals surface area contributed by atoms with E-state index in [9.17, 15) is 4.79 Å². The van der Waals surface area contributed by atoms with Crippen LogP contribution in [0.2, 0.25) is 0 Å². The van der Waals surface area contributed by atoms with Gasteiger partial charge in [0.25, 0.3) is 0 Å². The van der Waals surface area contributed by atoms with Crippen molar-refractivity contribution < 1.29 is 4.79 Å². The normalized spacial score (nSPS) is 12.1. The molecule has 92 valence electrons. The average molecular weight is 231 g/mol. The van der Waals surface area contributed by atoms with Crippen molar-refractivity contribution in [2.75, 3.05) is 6.54 Å². The highest BCUT2D eigenvalue weighted by Crippen LogP contribution is 2.06. The van der Waals surface area contributed by atoms with Crippen LogP contribution in [-0.2, 0) is 11.3 Å². The molecule has 17 heavy (non-hydrogen) atoms. The van der Waals surface area contributed by atoms with Crippen LogP contribution >= 0.6 is 0 Å². The summed E-state index contributed by atoms with van der Waals surface area (Å²) in [6.07, 6.45) is 3.18. The zero-order chi connectivity index (χ0) is 12.5. The highest BCUT2D eigenvalue weighted by molar-refractivity contribution is 5.80. The molecule has 0 aromatic heterocycles. The van der Waals surface area contributed by atoms with Gasteiger partial charge in [-0.15, -0.1) is 6.58 Å². The van der Waals surface area contributed by atoms with E-state index in [0.29, 0.717) is 12.2 Å². The number of hydrogen-bond donors (Lipinski definition) is 1. The number of hydrogen-bond acceptors (Lipinski definition) is 2. The van der Waals surface area contributed by atoms with Crippen LogP contribution in [0.15, 0.2) is 43.0 Å². The Morgan fingerprint density at radius 2 is 2.12 bits per heavy atom. The van der Waals surface area contributed by atoms with Crippen LogP contribution in [0.4, 0.5) is 0 Å².